The van der Waals surface area contributed by atoms with Crippen LogP contribution >= 0.6 is 11.8 Å². The van der Waals surface area contributed by atoms with Gasteiger partial charge in [0, 0.05) is 11.7 Å². The Labute approximate surface area is 114 Å². The van der Waals surface area contributed by atoms with Crippen LogP contribution in [0.2, 0.25) is 0 Å². The van der Waals surface area contributed by atoms with Crippen LogP contribution in [-0.2, 0) is 5.75 Å². The molecule has 1 aliphatic rings. The van der Waals surface area contributed by atoms with Gasteiger partial charge in [-0.25, -0.2) is 9.78 Å². The Hall–Kier alpha value is -1.82. The second-order valence-electron chi connectivity index (χ2n) is 4.57. The molecule has 5 nitrogen and oxygen atoms in total. The van der Waals surface area contributed by atoms with Crippen molar-refractivity contribution >= 4 is 17.7 Å². The Balaban J connectivity index is 1.59. The summed E-state index contributed by atoms with van der Waals surface area (Å²) >= 11 is 1.55. The zero-order valence-electron chi connectivity index (χ0n) is 10.2. The summed E-state index contributed by atoms with van der Waals surface area (Å²) in [6.07, 6.45) is 2.41. The van der Waals surface area contributed by atoms with Crippen molar-refractivity contribution in [2.24, 2.45) is 0 Å². The number of nitrogens with zero attached hydrogens (tertiary/aromatic N) is 2. The van der Waals surface area contributed by atoms with E-state index in [1.807, 2.05) is 12.1 Å². The van der Waals surface area contributed by atoms with Crippen LogP contribution in [0.25, 0.3) is 0 Å². The van der Waals surface area contributed by atoms with Crippen molar-refractivity contribution in [3.8, 4) is 0 Å². The van der Waals surface area contributed by atoms with Gasteiger partial charge in [-0.3, -0.25) is 5.10 Å². The van der Waals surface area contributed by atoms with E-state index in [-0.39, 0.29) is 0 Å². The summed E-state index contributed by atoms with van der Waals surface area (Å²) in [5, 5.41) is 16.7. The van der Waals surface area contributed by atoms with E-state index in [1.54, 1.807) is 23.9 Å². The minimum atomic E-state index is -0.901. The van der Waals surface area contributed by atoms with Gasteiger partial charge >= 0.3 is 5.97 Å². The third-order valence-corrected chi connectivity index (χ3v) is 3.93. The monoisotopic (exact) mass is 275 g/mol. The van der Waals surface area contributed by atoms with E-state index in [0.717, 1.165) is 22.3 Å². The maximum Gasteiger partial charge on any atom is 0.335 e. The predicted molar refractivity (Wildman–Crippen MR) is 71.3 cm³/mol. The fraction of sp³-hybridized carbons (Fsp3) is 0.308. The number of aromatic amines is 1. The molecule has 0 amide bonds. The first-order valence-electron chi connectivity index (χ1n) is 6.10. The van der Waals surface area contributed by atoms with Crippen LogP contribution < -0.4 is 0 Å². The molecule has 0 bridgehead atoms. The molecule has 0 aliphatic heterocycles. The number of aromatic nitrogens is 3. The number of rotatable bonds is 5. The first kappa shape index (κ1) is 12.2. The van der Waals surface area contributed by atoms with Crippen LogP contribution in [0.3, 0.4) is 0 Å². The lowest BCUT2D eigenvalue weighted by Crippen LogP contribution is -1.95. The summed E-state index contributed by atoms with van der Waals surface area (Å²) < 4.78 is 0. The second-order valence-corrected chi connectivity index (χ2v) is 5.51. The minimum Gasteiger partial charge on any atom is -0.478 e. The van der Waals surface area contributed by atoms with Gasteiger partial charge in [0.05, 0.1) is 5.56 Å². The van der Waals surface area contributed by atoms with Gasteiger partial charge in [0.15, 0.2) is 0 Å². The molecule has 0 radical (unpaired) electrons. The number of carboxylic acid groups (broad SMARTS) is 1. The second kappa shape index (κ2) is 5.05. The number of hydrogen-bond donors (Lipinski definition) is 2. The lowest BCUT2D eigenvalue weighted by atomic mass is 10.1. The van der Waals surface area contributed by atoms with E-state index < -0.39 is 5.97 Å². The van der Waals surface area contributed by atoms with Gasteiger partial charge in [-0.2, -0.15) is 0 Å². The van der Waals surface area contributed by atoms with Crippen molar-refractivity contribution < 1.29 is 9.90 Å². The molecule has 2 aromatic rings. The van der Waals surface area contributed by atoms with Gasteiger partial charge in [-0.15, -0.1) is 5.10 Å². The standard InChI is InChI=1S/C13H13N3O2S/c17-12(18)10-3-1-8(2-4-10)7-19-13-14-11(15-16-13)9-5-6-9/h1-4,9H,5-7H2,(H,17,18)(H,14,15,16). The third kappa shape index (κ3) is 2.96. The lowest BCUT2D eigenvalue weighted by Gasteiger charge is -1.99. The van der Waals surface area contributed by atoms with Gasteiger partial charge < -0.3 is 5.11 Å². The number of carboxylic acids is 1. The van der Waals surface area contributed by atoms with Crippen LogP contribution in [0.15, 0.2) is 29.4 Å². The molecule has 2 N–H and O–H groups in total. The molecule has 19 heavy (non-hydrogen) atoms. The van der Waals surface area contributed by atoms with Crippen molar-refractivity contribution in [2.45, 2.75) is 29.7 Å². The average molecular weight is 275 g/mol. The van der Waals surface area contributed by atoms with E-state index in [2.05, 4.69) is 15.2 Å². The molecule has 3 rings (SSSR count). The molecule has 0 spiro atoms. The Kier molecular flexibility index (Phi) is 3.25. The number of nitrogens with one attached hydrogen (secondary N) is 1. The topological polar surface area (TPSA) is 78.9 Å². The van der Waals surface area contributed by atoms with Gasteiger partial charge in [0.25, 0.3) is 0 Å². The van der Waals surface area contributed by atoms with E-state index in [9.17, 15) is 4.79 Å². The van der Waals surface area contributed by atoms with Crippen molar-refractivity contribution in [1.82, 2.24) is 15.2 Å². The Morgan fingerprint density at radius 1 is 1.37 bits per heavy atom. The average Bonchev–Trinajstić information content (AvgIpc) is 3.16. The Morgan fingerprint density at radius 2 is 2.11 bits per heavy atom. The zero-order chi connectivity index (χ0) is 13.2. The molecule has 1 saturated carbocycles. The highest BCUT2D eigenvalue weighted by molar-refractivity contribution is 7.98. The molecular formula is C13H13N3O2S. The number of hydrogen-bond acceptors (Lipinski definition) is 4. The largest absolute Gasteiger partial charge is 0.478 e. The van der Waals surface area contributed by atoms with Crippen LogP contribution in [0.4, 0.5) is 0 Å². The fourth-order valence-corrected chi connectivity index (χ4v) is 2.51. The molecular weight excluding hydrogens is 262 g/mol. The third-order valence-electron chi connectivity index (χ3n) is 3.02. The van der Waals surface area contributed by atoms with Crippen LogP contribution in [0.5, 0.6) is 0 Å². The molecule has 0 saturated heterocycles. The van der Waals surface area contributed by atoms with E-state index >= 15 is 0 Å². The maximum absolute atomic E-state index is 10.7. The molecule has 0 unspecified atom stereocenters. The van der Waals surface area contributed by atoms with Crippen LogP contribution in [-0.4, -0.2) is 26.3 Å². The van der Waals surface area contributed by atoms with Crippen molar-refractivity contribution in [2.75, 3.05) is 0 Å². The molecule has 1 aromatic carbocycles. The summed E-state index contributed by atoms with van der Waals surface area (Å²) in [7, 11) is 0. The number of carbonyl (C=O) groups is 1. The highest BCUT2D eigenvalue weighted by Crippen LogP contribution is 2.38. The van der Waals surface area contributed by atoms with Crippen molar-refractivity contribution in [3.63, 3.8) is 0 Å². The number of thioether (sulfide) groups is 1. The molecule has 1 fully saturated rings. The highest BCUT2D eigenvalue weighted by Gasteiger charge is 2.27. The normalized spacial score (nSPS) is 14.5. The molecule has 1 aromatic heterocycles. The van der Waals surface area contributed by atoms with E-state index in [1.165, 1.54) is 12.8 Å². The van der Waals surface area contributed by atoms with Crippen molar-refractivity contribution in [1.29, 1.82) is 0 Å². The summed E-state index contributed by atoms with van der Waals surface area (Å²) in [6.45, 7) is 0. The Bertz CT molecular complexity index is 590. The smallest absolute Gasteiger partial charge is 0.335 e. The fourth-order valence-electron chi connectivity index (χ4n) is 1.75. The Morgan fingerprint density at radius 3 is 2.74 bits per heavy atom. The van der Waals surface area contributed by atoms with Crippen LogP contribution in [0, 0.1) is 0 Å². The van der Waals surface area contributed by atoms with E-state index in [0.29, 0.717) is 11.5 Å². The van der Waals surface area contributed by atoms with Gasteiger partial charge in [-0.05, 0) is 30.5 Å². The van der Waals surface area contributed by atoms with E-state index in [4.69, 9.17) is 5.11 Å². The maximum atomic E-state index is 10.7. The summed E-state index contributed by atoms with van der Waals surface area (Å²) in [5.74, 6) is 1.41. The molecule has 1 aliphatic carbocycles. The SMILES string of the molecule is O=C(O)c1ccc(CSc2n[nH]c(C3CC3)n2)cc1. The summed E-state index contributed by atoms with van der Waals surface area (Å²) in [5.41, 5.74) is 1.37. The first-order valence-corrected chi connectivity index (χ1v) is 7.08. The highest BCUT2D eigenvalue weighted by atomic mass is 32.2. The number of aromatic carboxylic acids is 1. The number of H-pyrrole nitrogens is 1. The first-order chi connectivity index (χ1) is 9.22. The number of benzene rings is 1. The van der Waals surface area contributed by atoms with Gasteiger partial charge in [-0.1, -0.05) is 23.9 Å². The predicted octanol–water partition coefficient (Wildman–Crippen LogP) is 2.67. The van der Waals surface area contributed by atoms with Crippen molar-refractivity contribution in [3.05, 3.63) is 41.2 Å². The quantitative estimate of drug-likeness (QED) is 0.820. The molecule has 1 heterocycles. The summed E-state index contributed by atoms with van der Waals surface area (Å²) in [6, 6.07) is 6.88. The van der Waals surface area contributed by atoms with Gasteiger partial charge in [0.1, 0.15) is 5.82 Å². The van der Waals surface area contributed by atoms with Crippen LogP contribution in [0.1, 0.15) is 40.5 Å². The molecule has 98 valence electrons. The zero-order valence-corrected chi connectivity index (χ0v) is 11.0. The summed E-state index contributed by atoms with van der Waals surface area (Å²) in [4.78, 5) is 15.2. The van der Waals surface area contributed by atoms with Gasteiger partial charge in [0.2, 0.25) is 5.16 Å². The molecule has 6 heteroatoms. The lowest BCUT2D eigenvalue weighted by molar-refractivity contribution is 0.0697. The molecule has 0 atom stereocenters. The minimum absolute atomic E-state index is 0.308.